The highest BCUT2D eigenvalue weighted by molar-refractivity contribution is 9.10. The number of pyridine rings is 1. The van der Waals surface area contributed by atoms with E-state index in [1.165, 1.54) is 5.69 Å². The van der Waals surface area contributed by atoms with Crippen molar-refractivity contribution >= 4 is 27.5 Å². The Hall–Kier alpha value is -2.28. The second-order valence-corrected chi connectivity index (χ2v) is 6.63. The molecule has 0 spiro atoms. The van der Waals surface area contributed by atoms with Crippen molar-refractivity contribution in [3.05, 3.63) is 58.7 Å². The Morgan fingerprint density at radius 2 is 2.17 bits per heavy atom. The summed E-state index contributed by atoms with van der Waals surface area (Å²) in [4.78, 5) is 11.1. The number of nitrogens with one attached hydrogen (secondary N) is 1. The first kappa shape index (κ1) is 16.6. The van der Waals surface area contributed by atoms with Gasteiger partial charge in [-0.3, -0.25) is 4.99 Å². The van der Waals surface area contributed by atoms with Crippen molar-refractivity contribution in [3.63, 3.8) is 0 Å². The van der Waals surface area contributed by atoms with Crippen LogP contribution in [0.25, 0.3) is 5.65 Å². The van der Waals surface area contributed by atoms with Crippen molar-refractivity contribution < 1.29 is 0 Å². The molecule has 0 fully saturated rings. The molecule has 0 saturated carbocycles. The monoisotopic (exact) mass is 388 g/mol. The standard InChI is InChI=1S/C17H21BrN6/c1-19-17(23(3)12-15-5-4-8-22(15)2)20-9-14-11-24-10-13(18)6-7-16(24)21-14/h4-8,10-11H,9,12H2,1-3H3,(H,19,20). The van der Waals surface area contributed by atoms with Gasteiger partial charge in [0.25, 0.3) is 0 Å². The fourth-order valence-corrected chi connectivity index (χ4v) is 2.99. The van der Waals surface area contributed by atoms with Gasteiger partial charge >= 0.3 is 0 Å². The predicted octanol–water partition coefficient (Wildman–Crippen LogP) is 2.64. The summed E-state index contributed by atoms with van der Waals surface area (Å²) in [5, 5.41) is 3.37. The second-order valence-electron chi connectivity index (χ2n) is 5.71. The van der Waals surface area contributed by atoms with E-state index in [-0.39, 0.29) is 0 Å². The Morgan fingerprint density at radius 3 is 2.88 bits per heavy atom. The average Bonchev–Trinajstić information content (AvgIpc) is 3.13. The van der Waals surface area contributed by atoms with Crippen molar-refractivity contribution in [1.29, 1.82) is 0 Å². The van der Waals surface area contributed by atoms with Crippen LogP contribution in [0, 0.1) is 0 Å². The van der Waals surface area contributed by atoms with Gasteiger partial charge in [0, 0.05) is 49.9 Å². The number of fused-ring (bicyclic) bond motifs is 1. The number of guanidine groups is 1. The van der Waals surface area contributed by atoms with E-state index < -0.39 is 0 Å². The lowest BCUT2D eigenvalue weighted by Gasteiger charge is -2.22. The molecule has 3 aromatic heterocycles. The molecular weight excluding hydrogens is 368 g/mol. The van der Waals surface area contributed by atoms with Crippen LogP contribution in [0.3, 0.4) is 0 Å². The third kappa shape index (κ3) is 3.62. The summed E-state index contributed by atoms with van der Waals surface area (Å²) in [5.41, 5.74) is 3.14. The van der Waals surface area contributed by atoms with Gasteiger partial charge in [0.05, 0.1) is 18.8 Å². The lowest BCUT2D eigenvalue weighted by atomic mass is 10.4. The highest BCUT2D eigenvalue weighted by atomic mass is 79.9. The SMILES string of the molecule is CN=C(NCc1cn2cc(Br)ccc2n1)N(C)Cc1cccn1C. The Labute approximate surface area is 150 Å². The van der Waals surface area contributed by atoms with Crippen molar-refractivity contribution in [2.24, 2.45) is 12.0 Å². The van der Waals surface area contributed by atoms with Gasteiger partial charge in [-0.1, -0.05) is 0 Å². The number of nitrogens with zero attached hydrogens (tertiary/aromatic N) is 5. The van der Waals surface area contributed by atoms with E-state index in [1.807, 2.05) is 55.3 Å². The zero-order chi connectivity index (χ0) is 17.1. The molecule has 3 rings (SSSR count). The van der Waals surface area contributed by atoms with E-state index in [9.17, 15) is 0 Å². The summed E-state index contributed by atoms with van der Waals surface area (Å²) in [6.07, 6.45) is 6.08. The summed E-state index contributed by atoms with van der Waals surface area (Å²) < 4.78 is 5.16. The summed E-state index contributed by atoms with van der Waals surface area (Å²) in [7, 11) is 5.88. The first-order valence-corrected chi connectivity index (χ1v) is 8.51. The molecule has 0 radical (unpaired) electrons. The van der Waals surface area contributed by atoms with Crippen molar-refractivity contribution in [1.82, 2.24) is 24.2 Å². The third-order valence-electron chi connectivity index (χ3n) is 3.92. The largest absolute Gasteiger partial charge is 0.353 e. The molecular formula is C17H21BrN6. The smallest absolute Gasteiger partial charge is 0.194 e. The number of hydrogen-bond acceptors (Lipinski definition) is 2. The van der Waals surface area contributed by atoms with E-state index in [2.05, 4.69) is 46.8 Å². The number of rotatable bonds is 4. The molecule has 0 aliphatic rings. The molecule has 0 aliphatic carbocycles. The Kier molecular flexibility index (Phi) is 4.89. The lowest BCUT2D eigenvalue weighted by molar-refractivity contribution is 0.461. The minimum atomic E-state index is 0.628. The number of aliphatic imine (C=N–C) groups is 1. The summed E-state index contributed by atoms with van der Waals surface area (Å²) in [6, 6.07) is 8.15. The highest BCUT2D eigenvalue weighted by Crippen LogP contribution is 2.12. The van der Waals surface area contributed by atoms with Gasteiger partial charge in [0.1, 0.15) is 5.65 Å². The maximum absolute atomic E-state index is 4.61. The summed E-state index contributed by atoms with van der Waals surface area (Å²) in [6.45, 7) is 1.42. The Balaban J connectivity index is 1.65. The van der Waals surface area contributed by atoms with Gasteiger partial charge in [0.2, 0.25) is 0 Å². The first-order chi connectivity index (χ1) is 11.6. The van der Waals surface area contributed by atoms with E-state index in [0.717, 1.165) is 28.3 Å². The molecule has 3 heterocycles. The molecule has 24 heavy (non-hydrogen) atoms. The number of aryl methyl sites for hydroxylation is 1. The molecule has 6 nitrogen and oxygen atoms in total. The van der Waals surface area contributed by atoms with Crippen molar-refractivity contribution in [2.75, 3.05) is 14.1 Å². The van der Waals surface area contributed by atoms with Crippen LogP contribution in [0.1, 0.15) is 11.4 Å². The van der Waals surface area contributed by atoms with Crippen LogP contribution in [-0.2, 0) is 20.1 Å². The fraction of sp³-hybridized carbons (Fsp3) is 0.294. The van der Waals surface area contributed by atoms with Gasteiger partial charge in [-0.15, -0.1) is 0 Å². The zero-order valence-corrected chi connectivity index (χ0v) is 15.7. The van der Waals surface area contributed by atoms with Crippen LogP contribution in [0.5, 0.6) is 0 Å². The second kappa shape index (κ2) is 7.09. The fourth-order valence-electron chi connectivity index (χ4n) is 2.64. The molecule has 7 heteroatoms. The highest BCUT2D eigenvalue weighted by Gasteiger charge is 2.09. The van der Waals surface area contributed by atoms with Crippen LogP contribution < -0.4 is 5.32 Å². The van der Waals surface area contributed by atoms with Crippen LogP contribution in [0.4, 0.5) is 0 Å². The molecule has 0 bridgehead atoms. The zero-order valence-electron chi connectivity index (χ0n) is 14.1. The van der Waals surface area contributed by atoms with Crippen LogP contribution in [0.15, 0.2) is 52.3 Å². The number of imidazole rings is 1. The maximum atomic E-state index is 4.61. The van der Waals surface area contributed by atoms with E-state index in [4.69, 9.17) is 0 Å². The minimum Gasteiger partial charge on any atom is -0.353 e. The van der Waals surface area contributed by atoms with Gasteiger partial charge in [-0.25, -0.2) is 4.98 Å². The van der Waals surface area contributed by atoms with Crippen LogP contribution in [-0.4, -0.2) is 38.9 Å². The topological polar surface area (TPSA) is 49.9 Å². The lowest BCUT2D eigenvalue weighted by Crippen LogP contribution is -2.38. The molecule has 3 aromatic rings. The number of aromatic nitrogens is 3. The predicted molar refractivity (Wildman–Crippen MR) is 100.0 cm³/mol. The molecule has 1 N–H and O–H groups in total. The third-order valence-corrected chi connectivity index (χ3v) is 4.39. The van der Waals surface area contributed by atoms with Crippen molar-refractivity contribution in [3.8, 4) is 0 Å². The molecule has 0 unspecified atom stereocenters. The average molecular weight is 389 g/mol. The van der Waals surface area contributed by atoms with Gasteiger partial charge < -0.3 is 19.2 Å². The first-order valence-electron chi connectivity index (χ1n) is 7.72. The molecule has 0 aromatic carbocycles. The molecule has 0 amide bonds. The molecule has 0 saturated heterocycles. The molecule has 0 aliphatic heterocycles. The molecule has 0 atom stereocenters. The summed E-state index contributed by atoms with van der Waals surface area (Å²) in [5.74, 6) is 0.842. The Morgan fingerprint density at radius 1 is 1.33 bits per heavy atom. The normalized spacial score (nSPS) is 11.9. The van der Waals surface area contributed by atoms with Crippen molar-refractivity contribution in [2.45, 2.75) is 13.1 Å². The quantitative estimate of drug-likeness (QED) is 0.552. The molecule has 126 valence electrons. The van der Waals surface area contributed by atoms with E-state index >= 15 is 0 Å². The van der Waals surface area contributed by atoms with Gasteiger partial charge in [-0.2, -0.15) is 0 Å². The Bertz CT molecular complexity index is 863. The van der Waals surface area contributed by atoms with E-state index in [0.29, 0.717) is 6.54 Å². The van der Waals surface area contributed by atoms with Crippen LogP contribution in [0.2, 0.25) is 0 Å². The maximum Gasteiger partial charge on any atom is 0.194 e. The van der Waals surface area contributed by atoms with Crippen LogP contribution >= 0.6 is 15.9 Å². The summed E-state index contributed by atoms with van der Waals surface area (Å²) >= 11 is 3.48. The minimum absolute atomic E-state index is 0.628. The number of halogens is 1. The van der Waals surface area contributed by atoms with Gasteiger partial charge in [-0.05, 0) is 40.2 Å². The number of hydrogen-bond donors (Lipinski definition) is 1. The van der Waals surface area contributed by atoms with Gasteiger partial charge in [0.15, 0.2) is 5.96 Å². The van der Waals surface area contributed by atoms with E-state index in [1.54, 1.807) is 7.05 Å².